The second kappa shape index (κ2) is 8.67. The molecule has 0 aromatic rings. The molecule has 0 rings (SSSR count). The highest BCUT2D eigenvalue weighted by Gasteiger charge is 1.88. The second-order valence-corrected chi connectivity index (χ2v) is 3.13. The van der Waals surface area contributed by atoms with Gasteiger partial charge in [0.2, 0.25) is 0 Å². The third kappa shape index (κ3) is 5.68. The molecule has 0 aromatic heterocycles. The van der Waals surface area contributed by atoms with Gasteiger partial charge >= 0.3 is 0 Å². The Kier molecular flexibility index (Phi) is 8.10. The molecule has 0 N–H and O–H groups in total. The normalized spacial score (nSPS) is 11.4. The van der Waals surface area contributed by atoms with E-state index in [1.54, 1.807) is 0 Å². The maximum atomic E-state index is 2.27. The van der Waals surface area contributed by atoms with Crippen LogP contribution >= 0.6 is 0 Å². The fraction of sp³-hybridized carbons (Fsp3) is 0.667. The summed E-state index contributed by atoms with van der Waals surface area (Å²) in [5, 5.41) is 0. The Morgan fingerprint density at radius 1 is 0.643 bits per heavy atom. The summed E-state index contributed by atoms with van der Waals surface area (Å²) in [7, 11) is 0. The Bertz CT molecular complexity index is 145. The molecule has 0 saturated heterocycles. The molecular weight excluding hydrogens is 172 g/mol. The van der Waals surface area contributed by atoms with E-state index in [0.29, 0.717) is 0 Å². The van der Waals surface area contributed by atoms with Crippen LogP contribution in [0.1, 0.15) is 27.7 Å². The summed E-state index contributed by atoms with van der Waals surface area (Å²) in [4.78, 5) is 4.54. The largest absolute Gasteiger partial charge is 0.378 e. The highest BCUT2D eigenvalue weighted by atomic mass is 15.1. The standard InChI is InChI=1S/C12H24N2/c1-5-13(6-2)11-9-10-12-14(7-3)8-4/h9-12H,5-8H2,1-4H3. The van der Waals surface area contributed by atoms with Crippen LogP contribution < -0.4 is 0 Å². The van der Waals surface area contributed by atoms with Crippen molar-refractivity contribution in [2.45, 2.75) is 27.7 Å². The first-order valence-electron chi connectivity index (χ1n) is 5.61. The fourth-order valence-corrected chi connectivity index (χ4v) is 1.21. The summed E-state index contributed by atoms with van der Waals surface area (Å²) in [5.41, 5.74) is 0. The predicted molar refractivity (Wildman–Crippen MR) is 64.1 cm³/mol. The molecule has 0 aliphatic carbocycles. The number of allylic oxidation sites excluding steroid dienone is 2. The van der Waals surface area contributed by atoms with Crippen molar-refractivity contribution in [1.29, 1.82) is 0 Å². The van der Waals surface area contributed by atoms with Gasteiger partial charge in [-0.1, -0.05) is 0 Å². The van der Waals surface area contributed by atoms with E-state index < -0.39 is 0 Å². The lowest BCUT2D eigenvalue weighted by Crippen LogP contribution is -2.15. The minimum atomic E-state index is 1.08. The number of hydrogen-bond donors (Lipinski definition) is 0. The highest BCUT2D eigenvalue weighted by Crippen LogP contribution is 1.91. The number of nitrogens with zero attached hydrogens (tertiary/aromatic N) is 2. The topological polar surface area (TPSA) is 6.48 Å². The molecule has 0 spiro atoms. The van der Waals surface area contributed by atoms with Crippen molar-refractivity contribution >= 4 is 0 Å². The lowest BCUT2D eigenvalue weighted by molar-refractivity contribution is 0.415. The van der Waals surface area contributed by atoms with E-state index >= 15 is 0 Å². The van der Waals surface area contributed by atoms with Crippen molar-refractivity contribution in [1.82, 2.24) is 9.80 Å². The molecule has 0 aliphatic heterocycles. The van der Waals surface area contributed by atoms with Gasteiger partial charge in [0.15, 0.2) is 0 Å². The predicted octanol–water partition coefficient (Wildman–Crippen LogP) is 2.70. The van der Waals surface area contributed by atoms with Gasteiger partial charge in [0.05, 0.1) is 0 Å². The zero-order chi connectivity index (χ0) is 10.8. The van der Waals surface area contributed by atoms with Gasteiger partial charge < -0.3 is 9.80 Å². The van der Waals surface area contributed by atoms with Gasteiger partial charge in [-0.25, -0.2) is 0 Å². The van der Waals surface area contributed by atoms with E-state index in [4.69, 9.17) is 0 Å². The molecule has 0 radical (unpaired) electrons. The van der Waals surface area contributed by atoms with Crippen LogP contribution in [0.5, 0.6) is 0 Å². The van der Waals surface area contributed by atoms with E-state index in [1.807, 2.05) is 0 Å². The first-order chi connectivity index (χ1) is 6.78. The summed E-state index contributed by atoms with van der Waals surface area (Å²) < 4.78 is 0. The zero-order valence-electron chi connectivity index (χ0n) is 10.0. The van der Waals surface area contributed by atoms with Gasteiger partial charge in [-0.15, -0.1) is 0 Å². The molecular formula is C12H24N2. The van der Waals surface area contributed by atoms with Crippen molar-refractivity contribution in [3.8, 4) is 0 Å². The molecule has 0 atom stereocenters. The molecule has 82 valence electrons. The molecule has 0 saturated carbocycles. The summed E-state index contributed by atoms with van der Waals surface area (Å²) >= 11 is 0. The molecule has 0 unspecified atom stereocenters. The van der Waals surface area contributed by atoms with Crippen LogP contribution in [0.25, 0.3) is 0 Å². The first kappa shape index (κ1) is 13.1. The molecule has 2 nitrogen and oxygen atoms in total. The average molecular weight is 196 g/mol. The number of rotatable bonds is 7. The lowest BCUT2D eigenvalue weighted by atomic mass is 10.4. The van der Waals surface area contributed by atoms with E-state index in [1.165, 1.54) is 0 Å². The van der Waals surface area contributed by atoms with E-state index in [9.17, 15) is 0 Å². The third-order valence-corrected chi connectivity index (χ3v) is 2.33. The fourth-order valence-electron chi connectivity index (χ4n) is 1.21. The summed E-state index contributed by atoms with van der Waals surface area (Å²) in [6.45, 7) is 13.0. The van der Waals surface area contributed by atoms with Crippen molar-refractivity contribution < 1.29 is 0 Å². The van der Waals surface area contributed by atoms with E-state index in [0.717, 1.165) is 26.2 Å². The van der Waals surface area contributed by atoms with Crippen molar-refractivity contribution in [2.24, 2.45) is 0 Å². The molecule has 0 aliphatic rings. The molecule has 0 aromatic carbocycles. The zero-order valence-corrected chi connectivity index (χ0v) is 10.0. The van der Waals surface area contributed by atoms with Crippen molar-refractivity contribution in [3.05, 3.63) is 24.6 Å². The lowest BCUT2D eigenvalue weighted by Gasteiger charge is -2.15. The summed E-state index contributed by atoms with van der Waals surface area (Å²) in [6.07, 6.45) is 8.48. The van der Waals surface area contributed by atoms with Gasteiger partial charge in [-0.2, -0.15) is 0 Å². The monoisotopic (exact) mass is 196 g/mol. The van der Waals surface area contributed by atoms with Crippen LogP contribution in [-0.2, 0) is 0 Å². The third-order valence-electron chi connectivity index (χ3n) is 2.33. The molecule has 0 heterocycles. The van der Waals surface area contributed by atoms with Gasteiger partial charge in [0.25, 0.3) is 0 Å². The molecule has 2 heteroatoms. The van der Waals surface area contributed by atoms with Crippen LogP contribution in [0.15, 0.2) is 24.6 Å². The first-order valence-corrected chi connectivity index (χ1v) is 5.61. The minimum Gasteiger partial charge on any atom is -0.378 e. The van der Waals surface area contributed by atoms with Gasteiger partial charge in [0.1, 0.15) is 0 Å². The highest BCUT2D eigenvalue weighted by molar-refractivity contribution is 5.01. The van der Waals surface area contributed by atoms with Crippen LogP contribution in [0.3, 0.4) is 0 Å². The molecule has 0 bridgehead atoms. The Balaban J connectivity index is 3.89. The minimum absolute atomic E-state index is 1.08. The van der Waals surface area contributed by atoms with Crippen LogP contribution in [0.2, 0.25) is 0 Å². The molecule has 14 heavy (non-hydrogen) atoms. The Labute approximate surface area is 88.9 Å². The summed E-state index contributed by atoms with van der Waals surface area (Å²) in [5.74, 6) is 0. The smallest absolute Gasteiger partial charge is 0.0143 e. The second-order valence-electron chi connectivity index (χ2n) is 3.13. The van der Waals surface area contributed by atoms with Crippen LogP contribution in [-0.4, -0.2) is 36.0 Å². The van der Waals surface area contributed by atoms with Gasteiger partial charge in [0, 0.05) is 26.2 Å². The SMILES string of the molecule is CCN(C=CC=CN(CC)CC)CC. The molecule has 0 amide bonds. The van der Waals surface area contributed by atoms with E-state index in [2.05, 4.69) is 62.0 Å². The van der Waals surface area contributed by atoms with Crippen LogP contribution in [0, 0.1) is 0 Å². The van der Waals surface area contributed by atoms with Crippen molar-refractivity contribution in [3.63, 3.8) is 0 Å². The maximum absolute atomic E-state index is 2.27. The van der Waals surface area contributed by atoms with E-state index in [-0.39, 0.29) is 0 Å². The Morgan fingerprint density at radius 2 is 0.929 bits per heavy atom. The van der Waals surface area contributed by atoms with Crippen molar-refractivity contribution in [2.75, 3.05) is 26.2 Å². The Morgan fingerprint density at radius 3 is 1.14 bits per heavy atom. The average Bonchev–Trinajstić information content (AvgIpc) is 2.24. The number of hydrogen-bond acceptors (Lipinski definition) is 2. The van der Waals surface area contributed by atoms with Gasteiger partial charge in [-0.05, 0) is 52.2 Å². The van der Waals surface area contributed by atoms with Crippen LogP contribution in [0.4, 0.5) is 0 Å². The quantitative estimate of drug-likeness (QED) is 0.578. The Hall–Kier alpha value is -0.920. The maximum Gasteiger partial charge on any atom is 0.0143 e. The van der Waals surface area contributed by atoms with Gasteiger partial charge in [-0.3, -0.25) is 0 Å². The molecule has 0 fully saturated rings. The summed E-state index contributed by atoms with van der Waals surface area (Å²) in [6, 6.07) is 0.